The van der Waals surface area contributed by atoms with E-state index >= 15 is 0 Å². The summed E-state index contributed by atoms with van der Waals surface area (Å²) in [5.74, 6) is 0.993. The summed E-state index contributed by atoms with van der Waals surface area (Å²) in [6, 6.07) is 7.58. The van der Waals surface area contributed by atoms with Crippen molar-refractivity contribution in [2.24, 2.45) is 5.41 Å². The third kappa shape index (κ3) is 3.57. The molecule has 3 aromatic heterocycles. The number of hydrogen-bond acceptors (Lipinski definition) is 5. The first-order chi connectivity index (χ1) is 12.3. The number of hydrogen-bond donors (Lipinski definition) is 1. The van der Waals surface area contributed by atoms with Gasteiger partial charge in [0.05, 0.1) is 17.4 Å². The number of amides is 1. The van der Waals surface area contributed by atoms with E-state index in [2.05, 4.69) is 36.2 Å². The number of fused-ring (bicyclic) bond motifs is 1. The van der Waals surface area contributed by atoms with Crippen molar-refractivity contribution in [3.63, 3.8) is 0 Å². The number of ether oxygens (including phenoxy) is 1. The molecule has 0 fully saturated rings. The minimum atomic E-state index is -0.170. The molecular weight excluding hydrogens is 330 g/mol. The number of pyridine rings is 2. The lowest BCUT2D eigenvalue weighted by Crippen LogP contribution is -2.21. The van der Waals surface area contributed by atoms with Crippen LogP contribution in [0.5, 0.6) is 0 Å². The molecule has 7 heteroatoms. The topological polar surface area (TPSA) is 81.9 Å². The number of anilines is 1. The van der Waals surface area contributed by atoms with Gasteiger partial charge in [0.1, 0.15) is 11.9 Å². The van der Waals surface area contributed by atoms with Crippen molar-refractivity contribution >= 4 is 22.6 Å². The van der Waals surface area contributed by atoms with Gasteiger partial charge < -0.3 is 10.1 Å². The summed E-state index contributed by atoms with van der Waals surface area (Å²) < 4.78 is 7.41. The quantitative estimate of drug-likeness (QED) is 0.776. The lowest BCUT2D eigenvalue weighted by atomic mass is 9.87. The highest BCUT2D eigenvalue weighted by atomic mass is 16.5. The maximum atomic E-state index is 11.3. The van der Waals surface area contributed by atoms with Gasteiger partial charge in [-0.25, -0.2) is 14.6 Å². The van der Waals surface area contributed by atoms with Crippen LogP contribution in [0.2, 0.25) is 0 Å². The van der Waals surface area contributed by atoms with E-state index in [1.54, 1.807) is 30.3 Å². The summed E-state index contributed by atoms with van der Waals surface area (Å²) in [5.41, 5.74) is 1.57. The minimum absolute atomic E-state index is 0.0882. The predicted molar refractivity (Wildman–Crippen MR) is 100 cm³/mol. The van der Waals surface area contributed by atoms with Crippen molar-refractivity contribution in [2.45, 2.75) is 33.8 Å². The first kappa shape index (κ1) is 18.0. The molecule has 0 radical (unpaired) electrons. The van der Waals surface area contributed by atoms with Crippen LogP contribution in [0.15, 0.2) is 36.7 Å². The van der Waals surface area contributed by atoms with E-state index in [1.807, 2.05) is 18.2 Å². The molecule has 3 heterocycles. The van der Waals surface area contributed by atoms with E-state index in [-0.39, 0.29) is 17.4 Å². The average Bonchev–Trinajstić information content (AvgIpc) is 2.97. The molecule has 0 aliphatic heterocycles. The smallest absolute Gasteiger partial charge is 0.222 e. The number of nitrogens with one attached hydrogen (secondary N) is 1. The second kappa shape index (κ2) is 6.84. The fourth-order valence-electron chi connectivity index (χ4n) is 2.97. The van der Waals surface area contributed by atoms with Crippen molar-refractivity contribution in [3.8, 4) is 5.82 Å². The van der Waals surface area contributed by atoms with Gasteiger partial charge in [-0.3, -0.25) is 4.79 Å². The SMILES string of the molecule is COC(c1cccc(-n2ncc3cnc(NC(C)=O)cc32)n1)C(C)(C)C. The summed E-state index contributed by atoms with van der Waals surface area (Å²) in [5, 5.41) is 7.99. The number of aromatic nitrogens is 4. The van der Waals surface area contributed by atoms with Gasteiger partial charge in [0, 0.05) is 31.7 Å². The Labute approximate surface area is 152 Å². The summed E-state index contributed by atoms with van der Waals surface area (Å²) in [7, 11) is 1.69. The largest absolute Gasteiger partial charge is 0.375 e. The zero-order valence-corrected chi connectivity index (χ0v) is 15.6. The number of rotatable bonds is 4. The molecule has 0 saturated carbocycles. The Balaban J connectivity index is 2.06. The van der Waals surface area contributed by atoms with Crippen LogP contribution in [0.3, 0.4) is 0 Å². The number of nitrogens with zero attached hydrogens (tertiary/aromatic N) is 4. The lowest BCUT2D eigenvalue weighted by Gasteiger charge is -2.29. The van der Waals surface area contributed by atoms with Gasteiger partial charge in [-0.1, -0.05) is 26.8 Å². The molecule has 0 aromatic carbocycles. The van der Waals surface area contributed by atoms with Crippen molar-refractivity contribution < 1.29 is 9.53 Å². The van der Waals surface area contributed by atoms with Gasteiger partial charge in [0.2, 0.25) is 5.91 Å². The molecule has 0 bridgehead atoms. The Morgan fingerprint density at radius 3 is 2.69 bits per heavy atom. The monoisotopic (exact) mass is 353 g/mol. The molecule has 1 amide bonds. The van der Waals surface area contributed by atoms with E-state index < -0.39 is 0 Å². The molecule has 0 aliphatic rings. The lowest BCUT2D eigenvalue weighted by molar-refractivity contribution is -0.114. The average molecular weight is 353 g/mol. The van der Waals surface area contributed by atoms with Crippen LogP contribution in [0, 0.1) is 5.41 Å². The fourth-order valence-corrected chi connectivity index (χ4v) is 2.97. The van der Waals surface area contributed by atoms with E-state index in [4.69, 9.17) is 9.72 Å². The third-order valence-corrected chi connectivity index (χ3v) is 4.02. The van der Waals surface area contributed by atoms with Crippen LogP contribution in [-0.4, -0.2) is 32.8 Å². The highest BCUT2D eigenvalue weighted by molar-refractivity contribution is 5.90. The van der Waals surface area contributed by atoms with Crippen molar-refractivity contribution in [1.29, 1.82) is 0 Å². The Bertz CT molecular complexity index is 942. The molecular formula is C19H23N5O2. The van der Waals surface area contributed by atoms with Crippen molar-refractivity contribution in [3.05, 3.63) is 42.4 Å². The second-order valence-electron chi connectivity index (χ2n) is 7.27. The van der Waals surface area contributed by atoms with Gasteiger partial charge in [-0.05, 0) is 17.5 Å². The zero-order chi connectivity index (χ0) is 18.9. The molecule has 1 atom stereocenters. The number of carbonyl (C=O) groups is 1. The van der Waals surface area contributed by atoms with Gasteiger partial charge in [-0.15, -0.1) is 0 Å². The first-order valence-electron chi connectivity index (χ1n) is 8.41. The Morgan fingerprint density at radius 1 is 1.27 bits per heavy atom. The standard InChI is InChI=1S/C19H23N5O2/c1-12(25)22-16-9-15-13(10-20-16)11-21-24(15)17-8-6-7-14(23-17)18(26-5)19(2,3)4/h6-11,18H,1-5H3,(H,20,22,25). The van der Waals surface area contributed by atoms with E-state index in [1.165, 1.54) is 6.92 Å². The summed E-state index contributed by atoms with van der Waals surface area (Å²) >= 11 is 0. The molecule has 1 unspecified atom stereocenters. The summed E-state index contributed by atoms with van der Waals surface area (Å²) in [4.78, 5) is 20.3. The second-order valence-corrected chi connectivity index (χ2v) is 7.27. The van der Waals surface area contributed by atoms with Crippen LogP contribution in [-0.2, 0) is 9.53 Å². The Morgan fingerprint density at radius 2 is 2.04 bits per heavy atom. The molecule has 0 saturated heterocycles. The number of carbonyl (C=O) groups excluding carboxylic acids is 1. The molecule has 0 spiro atoms. The highest BCUT2D eigenvalue weighted by Gasteiger charge is 2.27. The Kier molecular flexibility index (Phi) is 4.73. The summed E-state index contributed by atoms with van der Waals surface area (Å²) in [6.07, 6.45) is 3.27. The molecule has 3 rings (SSSR count). The van der Waals surface area contributed by atoms with Crippen molar-refractivity contribution in [1.82, 2.24) is 19.7 Å². The van der Waals surface area contributed by atoms with Crippen LogP contribution >= 0.6 is 0 Å². The van der Waals surface area contributed by atoms with Crippen LogP contribution in [0.4, 0.5) is 5.82 Å². The Hall–Kier alpha value is -2.80. The number of methoxy groups -OCH3 is 1. The highest BCUT2D eigenvalue weighted by Crippen LogP contribution is 2.34. The van der Waals surface area contributed by atoms with Gasteiger partial charge >= 0.3 is 0 Å². The zero-order valence-electron chi connectivity index (χ0n) is 15.6. The van der Waals surface area contributed by atoms with Gasteiger partial charge in [-0.2, -0.15) is 5.10 Å². The molecule has 7 nitrogen and oxygen atoms in total. The molecule has 0 aliphatic carbocycles. The molecule has 26 heavy (non-hydrogen) atoms. The third-order valence-electron chi connectivity index (χ3n) is 4.02. The fraction of sp³-hybridized carbons (Fsp3) is 0.368. The molecule has 1 N–H and O–H groups in total. The van der Waals surface area contributed by atoms with Gasteiger partial charge in [0.15, 0.2) is 5.82 Å². The normalized spacial score (nSPS) is 13.0. The van der Waals surface area contributed by atoms with Gasteiger partial charge in [0.25, 0.3) is 0 Å². The maximum absolute atomic E-state index is 11.3. The van der Waals surface area contributed by atoms with E-state index in [0.717, 1.165) is 16.6 Å². The van der Waals surface area contributed by atoms with E-state index in [0.29, 0.717) is 11.6 Å². The summed E-state index contributed by atoms with van der Waals surface area (Å²) in [6.45, 7) is 7.80. The van der Waals surface area contributed by atoms with Crippen molar-refractivity contribution in [2.75, 3.05) is 12.4 Å². The minimum Gasteiger partial charge on any atom is -0.375 e. The predicted octanol–water partition coefficient (Wildman–Crippen LogP) is 3.51. The molecule has 3 aromatic rings. The molecule has 136 valence electrons. The van der Waals surface area contributed by atoms with Crippen LogP contribution in [0.25, 0.3) is 16.7 Å². The van der Waals surface area contributed by atoms with E-state index in [9.17, 15) is 4.79 Å². The maximum Gasteiger partial charge on any atom is 0.222 e. The van der Waals surface area contributed by atoms with Crippen LogP contribution < -0.4 is 5.32 Å². The first-order valence-corrected chi connectivity index (χ1v) is 8.41. The van der Waals surface area contributed by atoms with Crippen LogP contribution in [0.1, 0.15) is 39.5 Å².